The van der Waals surface area contributed by atoms with Gasteiger partial charge in [-0.25, -0.2) is 0 Å². The lowest BCUT2D eigenvalue weighted by Gasteiger charge is -2.25. The van der Waals surface area contributed by atoms with Gasteiger partial charge in [0.2, 0.25) is 5.91 Å². The fourth-order valence-electron chi connectivity index (χ4n) is 3.62. The first-order valence-electron chi connectivity index (χ1n) is 10.1. The van der Waals surface area contributed by atoms with Gasteiger partial charge in [0.05, 0.1) is 7.11 Å². The quantitative estimate of drug-likeness (QED) is 0.488. The van der Waals surface area contributed by atoms with Crippen LogP contribution >= 0.6 is 0 Å². The molecule has 0 fully saturated rings. The highest BCUT2D eigenvalue weighted by molar-refractivity contribution is 5.73. The van der Waals surface area contributed by atoms with E-state index in [4.69, 9.17) is 4.74 Å². The molecule has 3 heteroatoms. The number of amides is 1. The number of carbonyl (C=O) groups excluding carboxylic acids is 1. The standard InChI is InChI=1S/C26H29NO2/c1-21(28)27(20-23-11-7-4-8-12-23)18-17-25(19-22-9-5-3-6-10-22)24-13-15-26(29-2)16-14-24/h3-16,25H,17-20H2,1-2H3/t25-/m0/s1. The van der Waals surface area contributed by atoms with E-state index in [0.29, 0.717) is 12.5 Å². The number of ether oxygens (including phenoxy) is 1. The third-order valence-corrected chi connectivity index (χ3v) is 5.32. The number of methoxy groups -OCH3 is 1. The van der Waals surface area contributed by atoms with Crippen molar-refractivity contribution < 1.29 is 9.53 Å². The number of rotatable bonds is 9. The van der Waals surface area contributed by atoms with Crippen molar-refractivity contribution in [3.8, 4) is 5.75 Å². The Morgan fingerprint density at radius 2 is 1.45 bits per heavy atom. The zero-order valence-electron chi connectivity index (χ0n) is 17.3. The number of nitrogens with zero attached hydrogens (tertiary/aromatic N) is 1. The van der Waals surface area contributed by atoms with E-state index in [-0.39, 0.29) is 5.91 Å². The molecule has 150 valence electrons. The van der Waals surface area contributed by atoms with Gasteiger partial charge >= 0.3 is 0 Å². The van der Waals surface area contributed by atoms with Crippen LogP contribution < -0.4 is 4.74 Å². The Hall–Kier alpha value is -3.07. The molecule has 0 saturated carbocycles. The molecule has 3 rings (SSSR count). The molecule has 0 saturated heterocycles. The summed E-state index contributed by atoms with van der Waals surface area (Å²) >= 11 is 0. The zero-order valence-corrected chi connectivity index (χ0v) is 17.3. The Morgan fingerprint density at radius 3 is 2.00 bits per heavy atom. The van der Waals surface area contributed by atoms with Gasteiger partial charge in [-0.1, -0.05) is 72.8 Å². The second kappa shape index (κ2) is 10.5. The lowest BCUT2D eigenvalue weighted by Crippen LogP contribution is -2.30. The maximum absolute atomic E-state index is 12.2. The maximum atomic E-state index is 12.2. The number of hydrogen-bond donors (Lipinski definition) is 0. The first kappa shape index (κ1) is 20.7. The molecule has 3 aromatic carbocycles. The van der Waals surface area contributed by atoms with E-state index in [1.54, 1.807) is 14.0 Å². The fourth-order valence-corrected chi connectivity index (χ4v) is 3.62. The zero-order chi connectivity index (χ0) is 20.5. The molecule has 0 radical (unpaired) electrons. The number of carbonyl (C=O) groups is 1. The molecule has 0 aromatic heterocycles. The lowest BCUT2D eigenvalue weighted by atomic mass is 9.89. The van der Waals surface area contributed by atoms with Gasteiger partial charge in [-0.15, -0.1) is 0 Å². The summed E-state index contributed by atoms with van der Waals surface area (Å²) in [5, 5.41) is 0. The average Bonchev–Trinajstić information content (AvgIpc) is 2.77. The van der Waals surface area contributed by atoms with E-state index < -0.39 is 0 Å². The largest absolute Gasteiger partial charge is 0.497 e. The first-order chi connectivity index (χ1) is 14.2. The van der Waals surface area contributed by atoms with Crippen LogP contribution in [0.2, 0.25) is 0 Å². The average molecular weight is 388 g/mol. The second-order valence-corrected chi connectivity index (χ2v) is 7.37. The van der Waals surface area contributed by atoms with Crippen molar-refractivity contribution in [3.05, 3.63) is 102 Å². The molecule has 0 aliphatic rings. The van der Waals surface area contributed by atoms with Crippen LogP contribution in [0.3, 0.4) is 0 Å². The molecule has 1 amide bonds. The lowest BCUT2D eigenvalue weighted by molar-refractivity contribution is -0.129. The third kappa shape index (κ3) is 6.21. The first-order valence-corrected chi connectivity index (χ1v) is 10.1. The van der Waals surface area contributed by atoms with Gasteiger partial charge in [0.25, 0.3) is 0 Å². The molecule has 0 N–H and O–H groups in total. The molecule has 3 nitrogen and oxygen atoms in total. The van der Waals surface area contributed by atoms with Crippen molar-refractivity contribution in [2.24, 2.45) is 0 Å². The molecular weight excluding hydrogens is 358 g/mol. The molecule has 0 aliphatic heterocycles. The molecule has 0 bridgehead atoms. The van der Waals surface area contributed by atoms with Crippen LogP contribution in [0.5, 0.6) is 5.75 Å². The summed E-state index contributed by atoms with van der Waals surface area (Å²) in [6, 6.07) is 29.0. The van der Waals surface area contributed by atoms with Gasteiger partial charge < -0.3 is 9.64 Å². The second-order valence-electron chi connectivity index (χ2n) is 7.37. The summed E-state index contributed by atoms with van der Waals surface area (Å²) < 4.78 is 5.31. The summed E-state index contributed by atoms with van der Waals surface area (Å²) in [7, 11) is 1.69. The van der Waals surface area contributed by atoms with Gasteiger partial charge in [-0.05, 0) is 47.6 Å². The van der Waals surface area contributed by atoms with E-state index in [1.165, 1.54) is 11.1 Å². The van der Waals surface area contributed by atoms with Gasteiger partial charge in [0.1, 0.15) is 5.75 Å². The third-order valence-electron chi connectivity index (χ3n) is 5.32. The van der Waals surface area contributed by atoms with Crippen molar-refractivity contribution in [2.75, 3.05) is 13.7 Å². The summed E-state index contributed by atoms with van der Waals surface area (Å²) in [4.78, 5) is 14.2. The van der Waals surface area contributed by atoms with Gasteiger partial charge in [-0.2, -0.15) is 0 Å². The Labute approximate surface area is 174 Å². The van der Waals surface area contributed by atoms with Gasteiger partial charge in [0.15, 0.2) is 0 Å². The van der Waals surface area contributed by atoms with Crippen molar-refractivity contribution in [1.82, 2.24) is 4.90 Å². The highest BCUT2D eigenvalue weighted by atomic mass is 16.5. The van der Waals surface area contributed by atoms with Crippen LogP contribution in [0.25, 0.3) is 0 Å². The summed E-state index contributed by atoms with van der Waals surface area (Å²) in [5.41, 5.74) is 3.75. The Bertz CT molecular complexity index is 876. The maximum Gasteiger partial charge on any atom is 0.219 e. The van der Waals surface area contributed by atoms with E-state index in [0.717, 1.165) is 30.7 Å². The molecule has 0 aliphatic carbocycles. The Kier molecular flexibility index (Phi) is 7.46. The minimum atomic E-state index is 0.113. The van der Waals surface area contributed by atoms with E-state index >= 15 is 0 Å². The molecular formula is C26H29NO2. The minimum absolute atomic E-state index is 0.113. The van der Waals surface area contributed by atoms with Gasteiger partial charge in [0, 0.05) is 20.0 Å². The topological polar surface area (TPSA) is 29.5 Å². The predicted molar refractivity (Wildman–Crippen MR) is 118 cm³/mol. The summed E-state index contributed by atoms with van der Waals surface area (Å²) in [6.07, 6.45) is 1.86. The number of benzene rings is 3. The van der Waals surface area contributed by atoms with Gasteiger partial charge in [-0.3, -0.25) is 4.79 Å². The number of hydrogen-bond acceptors (Lipinski definition) is 2. The smallest absolute Gasteiger partial charge is 0.219 e. The monoisotopic (exact) mass is 387 g/mol. The highest BCUT2D eigenvalue weighted by Gasteiger charge is 2.17. The Balaban J connectivity index is 1.74. The van der Waals surface area contributed by atoms with Crippen LogP contribution in [0.4, 0.5) is 0 Å². The molecule has 3 aromatic rings. The fraction of sp³-hybridized carbons (Fsp3) is 0.269. The Morgan fingerprint density at radius 1 is 0.862 bits per heavy atom. The molecule has 1 atom stereocenters. The van der Waals surface area contributed by atoms with Crippen LogP contribution in [0, 0.1) is 0 Å². The van der Waals surface area contributed by atoms with E-state index in [2.05, 4.69) is 48.5 Å². The summed E-state index contributed by atoms with van der Waals surface area (Å²) in [6.45, 7) is 3.03. The van der Waals surface area contributed by atoms with E-state index in [9.17, 15) is 4.79 Å². The molecule has 0 unspecified atom stereocenters. The van der Waals surface area contributed by atoms with Crippen molar-refractivity contribution in [3.63, 3.8) is 0 Å². The van der Waals surface area contributed by atoms with Crippen LogP contribution in [0.1, 0.15) is 36.0 Å². The SMILES string of the molecule is COc1ccc([C@@H](CCN(Cc2ccccc2)C(C)=O)Cc2ccccc2)cc1. The van der Waals surface area contributed by atoms with Crippen molar-refractivity contribution >= 4 is 5.91 Å². The van der Waals surface area contributed by atoms with Crippen molar-refractivity contribution in [2.45, 2.75) is 32.2 Å². The summed E-state index contributed by atoms with van der Waals surface area (Å²) in [5.74, 6) is 1.31. The van der Waals surface area contributed by atoms with Crippen LogP contribution in [0.15, 0.2) is 84.9 Å². The molecule has 0 heterocycles. The molecule has 29 heavy (non-hydrogen) atoms. The van der Waals surface area contributed by atoms with Crippen molar-refractivity contribution in [1.29, 1.82) is 0 Å². The normalized spacial score (nSPS) is 11.7. The molecule has 0 spiro atoms. The minimum Gasteiger partial charge on any atom is -0.497 e. The van der Waals surface area contributed by atoms with Crippen LogP contribution in [-0.2, 0) is 17.8 Å². The highest BCUT2D eigenvalue weighted by Crippen LogP contribution is 2.27. The predicted octanol–water partition coefficient (Wildman–Crippen LogP) is 5.46. The van der Waals surface area contributed by atoms with Crippen LogP contribution in [-0.4, -0.2) is 24.5 Å². The van der Waals surface area contributed by atoms with E-state index in [1.807, 2.05) is 41.3 Å².